The van der Waals surface area contributed by atoms with Gasteiger partial charge in [0.15, 0.2) is 0 Å². The largest absolute Gasteiger partial charge is 0.493 e. The van der Waals surface area contributed by atoms with Gasteiger partial charge in [-0.05, 0) is 99.6 Å². The molecule has 0 bridgehead atoms. The molecule has 36 heavy (non-hydrogen) atoms. The van der Waals surface area contributed by atoms with Crippen molar-refractivity contribution in [2.24, 2.45) is 16.7 Å². The minimum atomic E-state index is -0.810. The van der Waals surface area contributed by atoms with E-state index in [1.165, 1.54) is 11.1 Å². The number of rotatable bonds is 10. The average Bonchev–Trinajstić information content (AvgIpc) is 3.31. The summed E-state index contributed by atoms with van der Waals surface area (Å²) >= 11 is 0. The van der Waals surface area contributed by atoms with Crippen LogP contribution < -0.4 is 16.3 Å². The van der Waals surface area contributed by atoms with Crippen LogP contribution in [-0.4, -0.2) is 23.2 Å². The number of aryl methyl sites for hydroxylation is 2. The standard InChI is InChI=1S/C31H43N3O2/c1-5-31(6-2,26-13-12-25(23(3)21-26)16-19-30(35)17-8-9-18-30)27-14-15-28(24(4)22-27)36-20-10-7-11-29(32)34-33/h12-15,21-22,35H,5-11,17-18,20,33H2,1-4H3,(H2,32,34). The van der Waals surface area contributed by atoms with Crippen molar-refractivity contribution >= 4 is 5.84 Å². The summed E-state index contributed by atoms with van der Waals surface area (Å²) in [5, 5.41) is 14.1. The third kappa shape index (κ3) is 6.42. The number of nitrogens with zero attached hydrogens (tertiary/aromatic N) is 1. The van der Waals surface area contributed by atoms with Gasteiger partial charge in [0.2, 0.25) is 0 Å². The first-order valence-corrected chi connectivity index (χ1v) is 13.4. The number of hydrogen-bond donors (Lipinski definition) is 3. The number of hydrazone groups is 1. The van der Waals surface area contributed by atoms with Crippen LogP contribution in [0.4, 0.5) is 0 Å². The lowest BCUT2D eigenvalue weighted by Gasteiger charge is -2.34. The minimum Gasteiger partial charge on any atom is -0.493 e. The molecular weight excluding hydrogens is 446 g/mol. The number of unbranched alkanes of at least 4 members (excludes halogenated alkanes) is 1. The van der Waals surface area contributed by atoms with Gasteiger partial charge in [-0.3, -0.25) is 0 Å². The van der Waals surface area contributed by atoms with Gasteiger partial charge in [-0.15, -0.1) is 0 Å². The number of hydrogen-bond acceptors (Lipinski definition) is 4. The van der Waals surface area contributed by atoms with Crippen LogP contribution in [0.25, 0.3) is 0 Å². The maximum atomic E-state index is 10.6. The van der Waals surface area contributed by atoms with Gasteiger partial charge in [0.05, 0.1) is 6.61 Å². The average molecular weight is 490 g/mol. The van der Waals surface area contributed by atoms with Gasteiger partial charge in [0.25, 0.3) is 0 Å². The van der Waals surface area contributed by atoms with Crippen molar-refractivity contribution in [2.45, 2.75) is 96.5 Å². The van der Waals surface area contributed by atoms with Crippen molar-refractivity contribution < 1.29 is 9.84 Å². The summed E-state index contributed by atoms with van der Waals surface area (Å²) in [4.78, 5) is 0. The topological polar surface area (TPSA) is 93.9 Å². The fourth-order valence-electron chi connectivity index (χ4n) is 5.37. The molecule has 2 aromatic rings. The molecule has 0 amide bonds. The lowest BCUT2D eigenvalue weighted by molar-refractivity contribution is 0.110. The first kappa shape index (κ1) is 27.6. The molecule has 5 N–H and O–H groups in total. The van der Waals surface area contributed by atoms with E-state index in [0.717, 1.165) is 73.8 Å². The summed E-state index contributed by atoms with van der Waals surface area (Å²) < 4.78 is 6.06. The van der Waals surface area contributed by atoms with Crippen molar-refractivity contribution in [3.63, 3.8) is 0 Å². The van der Waals surface area contributed by atoms with Crippen LogP contribution in [0.15, 0.2) is 41.5 Å². The van der Waals surface area contributed by atoms with E-state index in [4.69, 9.17) is 16.3 Å². The second-order valence-electron chi connectivity index (χ2n) is 10.2. The molecule has 0 radical (unpaired) electrons. The normalized spacial score (nSPS) is 15.4. The Labute approximate surface area is 217 Å². The van der Waals surface area contributed by atoms with E-state index in [2.05, 4.69) is 81.0 Å². The SMILES string of the molecule is CCC(CC)(c1ccc(C#CC2(O)CCCC2)c(C)c1)c1ccc(OCCCC/C(N)=N/N)c(C)c1. The molecule has 0 spiro atoms. The van der Waals surface area contributed by atoms with Crippen LogP contribution in [0.1, 0.15) is 99.5 Å². The predicted octanol–water partition coefficient (Wildman–Crippen LogP) is 5.85. The molecule has 5 heteroatoms. The van der Waals surface area contributed by atoms with E-state index in [-0.39, 0.29) is 5.41 Å². The van der Waals surface area contributed by atoms with Crippen LogP contribution in [0.5, 0.6) is 5.75 Å². The summed E-state index contributed by atoms with van der Waals surface area (Å²) in [5.74, 6) is 13.0. The van der Waals surface area contributed by atoms with Gasteiger partial charge in [-0.25, -0.2) is 0 Å². The fraction of sp³-hybridized carbons (Fsp3) is 0.516. The van der Waals surface area contributed by atoms with Gasteiger partial charge in [0.1, 0.15) is 17.2 Å². The second kappa shape index (κ2) is 12.3. The van der Waals surface area contributed by atoms with E-state index in [1.807, 2.05) is 0 Å². The Morgan fingerprint density at radius 2 is 1.67 bits per heavy atom. The van der Waals surface area contributed by atoms with Crippen molar-refractivity contribution in [3.05, 3.63) is 64.2 Å². The van der Waals surface area contributed by atoms with E-state index in [1.54, 1.807) is 0 Å². The van der Waals surface area contributed by atoms with Gasteiger partial charge < -0.3 is 21.4 Å². The van der Waals surface area contributed by atoms with Crippen LogP contribution in [0.2, 0.25) is 0 Å². The van der Waals surface area contributed by atoms with Gasteiger partial charge >= 0.3 is 0 Å². The quantitative estimate of drug-likeness (QED) is 0.0975. The highest BCUT2D eigenvalue weighted by Gasteiger charge is 2.32. The summed E-state index contributed by atoms with van der Waals surface area (Å²) in [5.41, 5.74) is 10.7. The third-order valence-electron chi connectivity index (χ3n) is 7.82. The molecular formula is C31H43N3O2. The zero-order valence-electron chi connectivity index (χ0n) is 22.5. The molecule has 0 heterocycles. The van der Waals surface area contributed by atoms with Crippen LogP contribution >= 0.6 is 0 Å². The fourth-order valence-corrected chi connectivity index (χ4v) is 5.37. The number of aliphatic hydroxyl groups is 1. The summed E-state index contributed by atoms with van der Waals surface area (Å²) in [6, 6.07) is 13.2. The molecule has 1 saturated carbocycles. The zero-order valence-corrected chi connectivity index (χ0v) is 22.5. The first-order chi connectivity index (χ1) is 17.3. The molecule has 1 aliphatic rings. The Bertz CT molecular complexity index is 1120. The van der Waals surface area contributed by atoms with Crippen LogP contribution in [-0.2, 0) is 5.41 Å². The van der Waals surface area contributed by atoms with Gasteiger partial charge in [-0.2, -0.15) is 5.10 Å². The maximum Gasteiger partial charge on any atom is 0.125 e. The zero-order chi connectivity index (χ0) is 26.2. The van der Waals surface area contributed by atoms with Crippen molar-refractivity contribution in [1.29, 1.82) is 0 Å². The molecule has 0 saturated heterocycles. The molecule has 0 unspecified atom stereocenters. The lowest BCUT2D eigenvalue weighted by atomic mass is 9.70. The molecule has 0 atom stereocenters. The Balaban J connectivity index is 1.78. The van der Waals surface area contributed by atoms with Crippen LogP contribution in [0.3, 0.4) is 0 Å². The smallest absolute Gasteiger partial charge is 0.125 e. The van der Waals surface area contributed by atoms with Crippen molar-refractivity contribution in [2.75, 3.05) is 6.61 Å². The number of amidine groups is 1. The first-order valence-electron chi connectivity index (χ1n) is 13.4. The molecule has 2 aromatic carbocycles. The Morgan fingerprint density at radius 1 is 1.03 bits per heavy atom. The van der Waals surface area contributed by atoms with Crippen molar-refractivity contribution in [1.82, 2.24) is 0 Å². The number of benzene rings is 2. The Kier molecular flexibility index (Phi) is 9.45. The highest BCUT2D eigenvalue weighted by atomic mass is 16.5. The number of ether oxygens (including phenoxy) is 1. The summed E-state index contributed by atoms with van der Waals surface area (Å²) in [7, 11) is 0. The molecule has 1 aliphatic carbocycles. The Morgan fingerprint density at radius 3 is 2.25 bits per heavy atom. The van der Waals surface area contributed by atoms with E-state index in [9.17, 15) is 5.11 Å². The second-order valence-corrected chi connectivity index (χ2v) is 10.2. The molecule has 194 valence electrons. The Hall–Kier alpha value is -2.97. The molecule has 1 fully saturated rings. The molecule has 0 aliphatic heterocycles. The molecule has 3 rings (SSSR count). The van der Waals surface area contributed by atoms with E-state index >= 15 is 0 Å². The minimum absolute atomic E-state index is 0.0806. The highest BCUT2D eigenvalue weighted by Crippen LogP contribution is 2.41. The summed E-state index contributed by atoms with van der Waals surface area (Å²) in [6.45, 7) is 9.40. The number of nitrogens with two attached hydrogens (primary N) is 2. The van der Waals surface area contributed by atoms with Crippen molar-refractivity contribution in [3.8, 4) is 17.6 Å². The van der Waals surface area contributed by atoms with E-state index < -0.39 is 5.60 Å². The third-order valence-corrected chi connectivity index (χ3v) is 7.82. The van der Waals surface area contributed by atoms with Gasteiger partial charge in [0, 0.05) is 17.4 Å². The molecule has 0 aromatic heterocycles. The maximum absolute atomic E-state index is 10.6. The monoisotopic (exact) mass is 489 g/mol. The molecule has 5 nitrogen and oxygen atoms in total. The lowest BCUT2D eigenvalue weighted by Crippen LogP contribution is -2.26. The predicted molar refractivity (Wildman–Crippen MR) is 149 cm³/mol. The summed E-state index contributed by atoms with van der Waals surface area (Å²) in [6.07, 6.45) is 8.16. The van der Waals surface area contributed by atoms with Gasteiger partial charge in [-0.1, -0.05) is 50.0 Å². The van der Waals surface area contributed by atoms with E-state index in [0.29, 0.717) is 18.9 Å². The van der Waals surface area contributed by atoms with Crippen LogP contribution in [0, 0.1) is 25.7 Å². The highest BCUT2D eigenvalue weighted by molar-refractivity contribution is 5.79.